The lowest BCUT2D eigenvalue weighted by Crippen LogP contribution is -2.43. The Hall–Kier alpha value is -1.60. The van der Waals surface area contributed by atoms with Crippen LogP contribution in [0.5, 0.6) is 0 Å². The zero-order chi connectivity index (χ0) is 18.1. The van der Waals surface area contributed by atoms with Gasteiger partial charge in [-0.15, -0.1) is 0 Å². The fourth-order valence-electron chi connectivity index (χ4n) is 2.87. The largest absolute Gasteiger partial charge is 0.357 e. The molecule has 1 saturated heterocycles. The summed E-state index contributed by atoms with van der Waals surface area (Å²) in [4.78, 5) is 4.53. The molecule has 1 aromatic carbocycles. The Morgan fingerprint density at radius 1 is 1.32 bits per heavy atom. The van der Waals surface area contributed by atoms with Crippen molar-refractivity contribution in [3.63, 3.8) is 0 Å². The van der Waals surface area contributed by atoms with Crippen LogP contribution < -0.4 is 10.6 Å². The van der Waals surface area contributed by atoms with Gasteiger partial charge in [-0.2, -0.15) is 0 Å². The smallest absolute Gasteiger partial charge is 0.214 e. The van der Waals surface area contributed by atoms with Crippen molar-refractivity contribution >= 4 is 16.0 Å². The number of aliphatic imine (C=N–C) groups is 1. The summed E-state index contributed by atoms with van der Waals surface area (Å²) < 4.78 is 25.2. The lowest BCUT2D eigenvalue weighted by molar-refractivity contribution is 0.451. The van der Waals surface area contributed by atoms with Crippen LogP contribution in [0.2, 0.25) is 0 Å². The van der Waals surface area contributed by atoms with Gasteiger partial charge in [0.05, 0.1) is 12.3 Å². The van der Waals surface area contributed by atoms with Gasteiger partial charge in [-0.25, -0.2) is 12.7 Å². The number of hydrogen-bond acceptors (Lipinski definition) is 3. The first-order valence-corrected chi connectivity index (χ1v) is 10.7. The highest BCUT2D eigenvalue weighted by Crippen LogP contribution is 2.12. The maximum atomic E-state index is 11.8. The van der Waals surface area contributed by atoms with Crippen LogP contribution >= 0.6 is 0 Å². The van der Waals surface area contributed by atoms with Gasteiger partial charge in [0.2, 0.25) is 10.0 Å². The van der Waals surface area contributed by atoms with E-state index in [1.807, 2.05) is 13.0 Å². The first kappa shape index (κ1) is 19.7. The summed E-state index contributed by atoms with van der Waals surface area (Å²) >= 11 is 0. The molecule has 1 heterocycles. The standard InChI is InChI=1S/C18H30N4O2S/c1-3-19-18(20-12-14-22-13-7-15-25(22,23)24)21-16(2)10-11-17-8-5-4-6-9-17/h4-6,8-9,16H,3,7,10-15H2,1-2H3,(H2,19,20,21). The maximum Gasteiger partial charge on any atom is 0.214 e. The number of nitrogens with one attached hydrogen (secondary N) is 2. The van der Waals surface area contributed by atoms with Crippen molar-refractivity contribution in [2.45, 2.75) is 39.2 Å². The monoisotopic (exact) mass is 366 g/mol. The van der Waals surface area contributed by atoms with Gasteiger partial charge < -0.3 is 10.6 Å². The molecule has 0 radical (unpaired) electrons. The second kappa shape index (κ2) is 9.77. The van der Waals surface area contributed by atoms with Crippen LogP contribution in [0.3, 0.4) is 0 Å². The number of nitrogens with zero attached hydrogens (tertiary/aromatic N) is 2. The molecule has 25 heavy (non-hydrogen) atoms. The van der Waals surface area contributed by atoms with Gasteiger partial charge in [-0.3, -0.25) is 4.99 Å². The minimum Gasteiger partial charge on any atom is -0.357 e. The average Bonchev–Trinajstić information content (AvgIpc) is 2.93. The van der Waals surface area contributed by atoms with Gasteiger partial charge in [-0.1, -0.05) is 30.3 Å². The summed E-state index contributed by atoms with van der Waals surface area (Å²) in [5.74, 6) is 1.02. The van der Waals surface area contributed by atoms with Gasteiger partial charge in [0.25, 0.3) is 0 Å². The van der Waals surface area contributed by atoms with Crippen LogP contribution in [-0.4, -0.2) is 56.7 Å². The fraction of sp³-hybridized carbons (Fsp3) is 0.611. The molecule has 0 bridgehead atoms. The first-order valence-electron chi connectivity index (χ1n) is 9.08. The van der Waals surface area contributed by atoms with E-state index in [2.05, 4.69) is 46.8 Å². The van der Waals surface area contributed by atoms with Crippen molar-refractivity contribution in [3.05, 3.63) is 35.9 Å². The molecule has 1 aliphatic rings. The van der Waals surface area contributed by atoms with Crippen molar-refractivity contribution in [2.24, 2.45) is 4.99 Å². The third-order valence-electron chi connectivity index (χ3n) is 4.26. The van der Waals surface area contributed by atoms with E-state index in [-0.39, 0.29) is 11.8 Å². The molecule has 6 nitrogen and oxygen atoms in total. The molecule has 140 valence electrons. The highest BCUT2D eigenvalue weighted by atomic mass is 32.2. The third-order valence-corrected chi connectivity index (χ3v) is 6.22. The molecule has 1 atom stereocenters. The second-order valence-electron chi connectivity index (χ2n) is 6.40. The third kappa shape index (κ3) is 6.66. The predicted octanol–water partition coefficient (Wildman–Crippen LogP) is 1.60. The number of rotatable bonds is 8. The van der Waals surface area contributed by atoms with Gasteiger partial charge in [-0.05, 0) is 38.7 Å². The molecule has 1 unspecified atom stereocenters. The van der Waals surface area contributed by atoms with E-state index in [4.69, 9.17) is 0 Å². The summed E-state index contributed by atoms with van der Waals surface area (Å²) in [6, 6.07) is 10.7. The molecule has 1 fully saturated rings. The van der Waals surface area contributed by atoms with Gasteiger partial charge in [0.1, 0.15) is 0 Å². The molecular weight excluding hydrogens is 336 g/mol. The maximum absolute atomic E-state index is 11.8. The van der Waals surface area contributed by atoms with Gasteiger partial charge in [0.15, 0.2) is 5.96 Å². The Labute approximate surface area is 151 Å². The number of guanidine groups is 1. The van der Waals surface area contributed by atoms with Crippen molar-refractivity contribution < 1.29 is 8.42 Å². The van der Waals surface area contributed by atoms with E-state index in [1.54, 1.807) is 4.31 Å². The zero-order valence-electron chi connectivity index (χ0n) is 15.2. The van der Waals surface area contributed by atoms with Crippen molar-refractivity contribution in [1.82, 2.24) is 14.9 Å². The topological polar surface area (TPSA) is 73.8 Å². The number of sulfonamides is 1. The average molecular weight is 367 g/mol. The van der Waals surface area contributed by atoms with Crippen LogP contribution in [0.1, 0.15) is 32.3 Å². The molecule has 1 aliphatic heterocycles. The lowest BCUT2D eigenvalue weighted by Gasteiger charge is -2.18. The van der Waals surface area contributed by atoms with E-state index < -0.39 is 10.0 Å². The summed E-state index contributed by atoms with van der Waals surface area (Å²) in [6.45, 7) is 6.49. The molecule has 7 heteroatoms. The van der Waals surface area contributed by atoms with E-state index in [1.165, 1.54) is 5.56 Å². The van der Waals surface area contributed by atoms with E-state index in [9.17, 15) is 8.42 Å². The molecule has 0 saturated carbocycles. The SMILES string of the molecule is CCNC(=NCCN1CCCS1(=O)=O)NC(C)CCc1ccccc1. The van der Waals surface area contributed by atoms with E-state index in [0.717, 1.165) is 31.8 Å². The predicted molar refractivity (Wildman–Crippen MR) is 103 cm³/mol. The summed E-state index contributed by atoms with van der Waals surface area (Å²) in [5.41, 5.74) is 1.33. The number of aryl methyl sites for hydroxylation is 1. The highest BCUT2D eigenvalue weighted by Gasteiger charge is 2.27. The first-order chi connectivity index (χ1) is 12.0. The summed E-state index contributed by atoms with van der Waals surface area (Å²) in [5, 5.41) is 6.63. The minimum absolute atomic E-state index is 0.269. The molecule has 0 aliphatic carbocycles. The Morgan fingerprint density at radius 3 is 2.72 bits per heavy atom. The Kier molecular flexibility index (Phi) is 7.71. The number of benzene rings is 1. The van der Waals surface area contributed by atoms with Gasteiger partial charge >= 0.3 is 0 Å². The van der Waals surface area contributed by atoms with Gasteiger partial charge in [0, 0.05) is 25.7 Å². The molecule has 0 aromatic heterocycles. The van der Waals surface area contributed by atoms with Crippen LogP contribution in [0, 0.1) is 0 Å². The van der Waals surface area contributed by atoms with Crippen LogP contribution in [0.25, 0.3) is 0 Å². The highest BCUT2D eigenvalue weighted by molar-refractivity contribution is 7.89. The molecular formula is C18H30N4O2S. The fourth-order valence-corrected chi connectivity index (χ4v) is 4.39. The molecule has 0 amide bonds. The van der Waals surface area contributed by atoms with E-state index >= 15 is 0 Å². The minimum atomic E-state index is -3.04. The van der Waals surface area contributed by atoms with Crippen molar-refractivity contribution in [1.29, 1.82) is 0 Å². The van der Waals surface area contributed by atoms with Crippen molar-refractivity contribution in [2.75, 3.05) is 31.9 Å². The second-order valence-corrected chi connectivity index (χ2v) is 8.49. The Morgan fingerprint density at radius 2 is 2.08 bits per heavy atom. The van der Waals surface area contributed by atoms with Crippen LogP contribution in [-0.2, 0) is 16.4 Å². The zero-order valence-corrected chi connectivity index (χ0v) is 16.1. The normalized spacial score (nSPS) is 18.9. The van der Waals surface area contributed by atoms with Crippen LogP contribution in [0.4, 0.5) is 0 Å². The lowest BCUT2D eigenvalue weighted by atomic mass is 10.1. The Balaban J connectivity index is 1.80. The number of hydrogen-bond donors (Lipinski definition) is 2. The quantitative estimate of drug-likeness (QED) is 0.541. The molecule has 1 aromatic rings. The van der Waals surface area contributed by atoms with E-state index in [0.29, 0.717) is 19.6 Å². The Bertz CT molecular complexity index is 646. The summed E-state index contributed by atoms with van der Waals surface area (Å²) in [6.07, 6.45) is 2.75. The van der Waals surface area contributed by atoms with Crippen LogP contribution in [0.15, 0.2) is 35.3 Å². The summed E-state index contributed by atoms with van der Waals surface area (Å²) in [7, 11) is -3.04. The molecule has 2 N–H and O–H groups in total. The molecule has 2 rings (SSSR count). The molecule has 0 spiro atoms. The van der Waals surface area contributed by atoms with Crippen molar-refractivity contribution in [3.8, 4) is 0 Å².